The molecule has 2 aromatic rings. The second-order valence-electron chi connectivity index (χ2n) is 7.26. The lowest BCUT2D eigenvalue weighted by Gasteiger charge is -2.29. The van der Waals surface area contributed by atoms with Gasteiger partial charge in [-0.15, -0.1) is 0 Å². The molecule has 1 fully saturated rings. The average Bonchev–Trinajstić information content (AvgIpc) is 3.16. The van der Waals surface area contributed by atoms with E-state index in [0.29, 0.717) is 10.6 Å². The van der Waals surface area contributed by atoms with Gasteiger partial charge >= 0.3 is 18.4 Å². The van der Waals surface area contributed by atoms with Crippen molar-refractivity contribution in [2.45, 2.75) is 24.9 Å². The van der Waals surface area contributed by atoms with E-state index < -0.39 is 41.7 Å². The Hall–Kier alpha value is -2.54. The molecule has 32 heavy (non-hydrogen) atoms. The number of fused-ring (bicyclic) bond motifs is 1. The third-order valence-electron chi connectivity index (χ3n) is 4.98. The van der Waals surface area contributed by atoms with E-state index in [1.54, 1.807) is 30.3 Å². The molecule has 0 aromatic heterocycles. The number of hydrogen-bond donors (Lipinski definition) is 0. The Kier molecular flexibility index (Phi) is 6.89. The van der Waals surface area contributed by atoms with Crippen molar-refractivity contribution < 1.29 is 44.6 Å². The van der Waals surface area contributed by atoms with Gasteiger partial charge in [0.15, 0.2) is 0 Å². The first kappa shape index (κ1) is 24.1. The summed E-state index contributed by atoms with van der Waals surface area (Å²) in [6.07, 6.45) is -17.4. The van der Waals surface area contributed by atoms with Gasteiger partial charge in [0.05, 0.1) is 0 Å². The molecule has 1 amide bonds. The molecule has 0 aliphatic carbocycles. The highest BCUT2D eigenvalue weighted by Crippen LogP contribution is 2.36. The Morgan fingerprint density at radius 1 is 1.12 bits per heavy atom. The predicted octanol–water partition coefficient (Wildman–Crippen LogP) is 4.39. The third-order valence-corrected chi connectivity index (χ3v) is 5.70. The summed E-state index contributed by atoms with van der Waals surface area (Å²) in [4.78, 5) is 12.6. The van der Waals surface area contributed by atoms with Crippen molar-refractivity contribution in [1.29, 1.82) is 0 Å². The fourth-order valence-corrected chi connectivity index (χ4v) is 4.08. The second kappa shape index (κ2) is 9.14. The van der Waals surface area contributed by atoms with Crippen LogP contribution in [0.3, 0.4) is 0 Å². The Labute approximate surface area is 181 Å². The van der Waals surface area contributed by atoms with Gasteiger partial charge in [0, 0.05) is 36.6 Å². The quantitative estimate of drug-likeness (QED) is 0.467. The molecule has 2 atom stereocenters. The number of likely N-dealkylation sites (tertiary alicyclic amines) is 1. The number of benzene rings is 2. The lowest BCUT2D eigenvalue weighted by molar-refractivity contribution is -0.308. The summed E-state index contributed by atoms with van der Waals surface area (Å²) < 4.78 is 104. The number of ether oxygens (including phenoxy) is 1. The van der Waals surface area contributed by atoms with Crippen molar-refractivity contribution in [3.05, 3.63) is 42.5 Å². The summed E-state index contributed by atoms with van der Waals surface area (Å²) in [6, 6.07) is 12.2. The molecule has 0 radical (unpaired) electrons. The highest BCUT2D eigenvalue weighted by atomic mass is 32.2. The van der Waals surface area contributed by atoms with E-state index >= 15 is 0 Å². The largest absolute Gasteiger partial charge is 0.755 e. The van der Waals surface area contributed by atoms with Gasteiger partial charge in [-0.1, -0.05) is 30.3 Å². The van der Waals surface area contributed by atoms with E-state index in [9.17, 15) is 39.9 Å². The van der Waals surface area contributed by atoms with Crippen LogP contribution in [0.15, 0.2) is 42.5 Å². The minimum absolute atomic E-state index is 0.111. The molecule has 0 bridgehead atoms. The summed E-state index contributed by atoms with van der Waals surface area (Å²) in [5.41, 5.74) is 0.340. The van der Waals surface area contributed by atoms with Crippen LogP contribution in [0.5, 0.6) is 0 Å². The van der Waals surface area contributed by atoms with Crippen LogP contribution < -0.4 is 4.31 Å². The maximum Gasteiger partial charge on any atom is 0.434 e. The van der Waals surface area contributed by atoms with Crippen LogP contribution in [0.2, 0.25) is 0 Å². The smallest absolute Gasteiger partial charge is 0.434 e. The van der Waals surface area contributed by atoms with E-state index in [2.05, 4.69) is 4.74 Å². The maximum absolute atomic E-state index is 12.6. The fourth-order valence-electron chi connectivity index (χ4n) is 3.46. The molecule has 2 unspecified atom stereocenters. The van der Waals surface area contributed by atoms with Gasteiger partial charge < -0.3 is 18.5 Å². The number of alkyl halides is 6. The highest BCUT2D eigenvalue weighted by Gasteiger charge is 2.60. The zero-order valence-electron chi connectivity index (χ0n) is 16.2. The van der Waals surface area contributed by atoms with Crippen molar-refractivity contribution in [1.82, 2.24) is 4.90 Å². The maximum atomic E-state index is 12.6. The Morgan fingerprint density at radius 3 is 2.34 bits per heavy atom. The summed E-state index contributed by atoms with van der Waals surface area (Å²) >= 11 is -2.70. The molecular formula is C19H17F6N2O4S-. The number of anilines is 1. The Bertz CT molecular complexity index is 986. The molecule has 2 aromatic carbocycles. The fraction of sp³-hybridized carbons (Fsp3) is 0.421. The molecular weight excluding hydrogens is 466 g/mol. The van der Waals surface area contributed by atoms with Crippen LogP contribution in [0.1, 0.15) is 6.42 Å². The molecule has 1 aliphatic rings. The van der Waals surface area contributed by atoms with Gasteiger partial charge in [0.25, 0.3) is 6.10 Å². The molecule has 0 spiro atoms. The molecule has 1 aliphatic heterocycles. The zero-order chi connectivity index (χ0) is 23.7. The minimum atomic E-state index is -5.81. The summed E-state index contributed by atoms with van der Waals surface area (Å²) in [5.74, 6) is -0.512. The van der Waals surface area contributed by atoms with Crippen molar-refractivity contribution >= 4 is 33.8 Å². The van der Waals surface area contributed by atoms with Crippen LogP contribution in [0, 0.1) is 5.92 Å². The van der Waals surface area contributed by atoms with E-state index in [0.717, 1.165) is 15.1 Å². The Balaban J connectivity index is 1.68. The molecule has 1 heterocycles. The Morgan fingerprint density at radius 2 is 1.75 bits per heavy atom. The molecule has 3 rings (SSSR count). The zero-order valence-corrected chi connectivity index (χ0v) is 17.0. The van der Waals surface area contributed by atoms with Crippen LogP contribution in [0.4, 0.5) is 36.8 Å². The van der Waals surface area contributed by atoms with Crippen molar-refractivity contribution in [3.8, 4) is 0 Å². The molecule has 13 heteroatoms. The van der Waals surface area contributed by atoms with E-state index in [1.165, 1.54) is 0 Å². The third kappa shape index (κ3) is 5.63. The topological polar surface area (TPSA) is 72.9 Å². The minimum Gasteiger partial charge on any atom is -0.755 e. The van der Waals surface area contributed by atoms with E-state index in [1.807, 2.05) is 12.1 Å². The molecule has 176 valence electrons. The van der Waals surface area contributed by atoms with Crippen LogP contribution in [0.25, 0.3) is 10.8 Å². The summed E-state index contributed by atoms with van der Waals surface area (Å²) in [6.45, 7) is -0.522. The molecule has 1 saturated heterocycles. The van der Waals surface area contributed by atoms with Crippen LogP contribution in [-0.2, 0) is 16.0 Å². The van der Waals surface area contributed by atoms with Gasteiger partial charge in [-0.2, -0.15) is 26.3 Å². The number of nitrogens with zero attached hydrogens (tertiary/aromatic N) is 2. The molecule has 6 nitrogen and oxygen atoms in total. The van der Waals surface area contributed by atoms with Crippen LogP contribution >= 0.6 is 0 Å². The number of amides is 1. The standard InChI is InChI=1S/C19H18F6N2O4S/c20-18(21,22)16(19(23,24)25)31-17(28)26-8-7-12(10-26)11-27(32(29)30)15-6-5-13-3-1-2-4-14(13)9-15/h1-6,9,12,16H,7-8,10-11H2,(H,29,30)/p-1. The summed E-state index contributed by atoms with van der Waals surface area (Å²) in [5, 5.41) is 1.66. The average molecular weight is 483 g/mol. The SMILES string of the molecule is O=C(OC(C(F)(F)F)C(F)(F)F)N1CCC(CN(c2ccc3ccccc3c2)S(=O)[O-])C1. The monoisotopic (exact) mass is 483 g/mol. The molecule has 0 N–H and O–H groups in total. The van der Waals surface area contributed by atoms with Gasteiger partial charge in [0.1, 0.15) is 0 Å². The summed E-state index contributed by atoms with van der Waals surface area (Å²) in [7, 11) is 0. The van der Waals surface area contributed by atoms with E-state index in [-0.39, 0.29) is 26.1 Å². The first-order valence-electron chi connectivity index (χ1n) is 9.31. The van der Waals surface area contributed by atoms with Gasteiger partial charge in [-0.25, -0.2) is 4.79 Å². The first-order chi connectivity index (χ1) is 14.9. The lowest BCUT2D eigenvalue weighted by Crippen LogP contribution is -2.48. The van der Waals surface area contributed by atoms with E-state index in [4.69, 9.17) is 0 Å². The van der Waals surface area contributed by atoms with Gasteiger partial charge in [-0.3, -0.25) is 4.21 Å². The highest BCUT2D eigenvalue weighted by molar-refractivity contribution is 7.80. The van der Waals surface area contributed by atoms with Crippen LogP contribution in [-0.4, -0.2) is 57.8 Å². The number of hydrogen-bond acceptors (Lipinski definition) is 4. The number of carbonyl (C=O) groups is 1. The number of halogens is 6. The first-order valence-corrected chi connectivity index (χ1v) is 10.3. The lowest BCUT2D eigenvalue weighted by atomic mass is 10.1. The van der Waals surface area contributed by atoms with Crippen molar-refractivity contribution in [3.63, 3.8) is 0 Å². The number of carbonyl (C=O) groups excluding carboxylic acids is 1. The van der Waals surface area contributed by atoms with Crippen molar-refractivity contribution in [2.24, 2.45) is 5.92 Å². The second-order valence-corrected chi connectivity index (χ2v) is 8.13. The number of rotatable bonds is 5. The molecule has 0 saturated carbocycles. The van der Waals surface area contributed by atoms with Gasteiger partial charge in [-0.05, 0) is 35.2 Å². The van der Waals surface area contributed by atoms with Gasteiger partial charge in [0.2, 0.25) is 0 Å². The normalized spacial score (nSPS) is 18.2. The van der Waals surface area contributed by atoms with Crippen molar-refractivity contribution in [2.75, 3.05) is 23.9 Å². The predicted molar refractivity (Wildman–Crippen MR) is 102 cm³/mol.